The highest BCUT2D eigenvalue weighted by Crippen LogP contribution is 2.16. The van der Waals surface area contributed by atoms with E-state index in [4.69, 9.17) is 5.11 Å². The lowest BCUT2D eigenvalue weighted by molar-refractivity contribution is -0.131. The average Bonchev–Trinajstić information content (AvgIpc) is 2.07. The minimum atomic E-state index is -0.918. The van der Waals surface area contributed by atoms with E-state index >= 15 is 0 Å². The summed E-state index contributed by atoms with van der Waals surface area (Å²) in [5.74, 6) is -0.918. The summed E-state index contributed by atoms with van der Waals surface area (Å²) in [7, 11) is 0. The van der Waals surface area contributed by atoms with Crippen LogP contribution in [-0.2, 0) is 4.79 Å². The monoisotopic (exact) mass is 288 g/mol. The van der Waals surface area contributed by atoms with E-state index in [0.29, 0.717) is 0 Å². The molecule has 1 aromatic carbocycles. The lowest BCUT2D eigenvalue weighted by Crippen LogP contribution is -1.88. The van der Waals surface area contributed by atoms with Crippen molar-refractivity contribution in [2.24, 2.45) is 0 Å². The summed E-state index contributed by atoms with van der Waals surface area (Å²) in [6.07, 6.45) is 2.76. The molecule has 1 N–H and O–H groups in total. The van der Waals surface area contributed by atoms with Gasteiger partial charge in [-0.05, 0) is 52.8 Å². The zero-order chi connectivity index (χ0) is 9.84. The SMILES string of the molecule is Cc1c(I)cccc1C=CC(=O)O. The highest BCUT2D eigenvalue weighted by atomic mass is 127. The molecule has 0 bridgehead atoms. The zero-order valence-corrected chi connectivity index (χ0v) is 9.28. The molecule has 3 heteroatoms. The highest BCUT2D eigenvalue weighted by molar-refractivity contribution is 14.1. The van der Waals surface area contributed by atoms with Gasteiger partial charge in [0.1, 0.15) is 0 Å². The molecule has 0 unspecified atom stereocenters. The van der Waals surface area contributed by atoms with Crippen molar-refractivity contribution in [3.8, 4) is 0 Å². The molecule has 13 heavy (non-hydrogen) atoms. The van der Waals surface area contributed by atoms with Crippen LogP contribution >= 0.6 is 22.6 Å². The van der Waals surface area contributed by atoms with E-state index in [2.05, 4.69) is 22.6 Å². The van der Waals surface area contributed by atoms with Crippen LogP contribution in [0.15, 0.2) is 24.3 Å². The summed E-state index contributed by atoms with van der Waals surface area (Å²) >= 11 is 2.23. The van der Waals surface area contributed by atoms with Crippen molar-refractivity contribution in [3.63, 3.8) is 0 Å². The van der Waals surface area contributed by atoms with Crippen LogP contribution in [0.4, 0.5) is 0 Å². The molecule has 0 atom stereocenters. The molecular formula is C10H9IO2. The summed E-state index contributed by atoms with van der Waals surface area (Å²) in [5, 5.41) is 8.45. The van der Waals surface area contributed by atoms with Gasteiger partial charge in [0.05, 0.1) is 0 Å². The molecule has 0 aromatic heterocycles. The number of hydrogen-bond donors (Lipinski definition) is 1. The van der Waals surface area contributed by atoms with Crippen LogP contribution < -0.4 is 0 Å². The smallest absolute Gasteiger partial charge is 0.328 e. The number of carbonyl (C=O) groups is 1. The van der Waals surface area contributed by atoms with Crippen LogP contribution in [0.5, 0.6) is 0 Å². The Kier molecular flexibility index (Phi) is 3.48. The van der Waals surface area contributed by atoms with Gasteiger partial charge in [-0.25, -0.2) is 4.79 Å². The molecule has 0 saturated carbocycles. The minimum absolute atomic E-state index is 0.918. The Morgan fingerprint density at radius 2 is 2.23 bits per heavy atom. The van der Waals surface area contributed by atoms with Crippen molar-refractivity contribution in [1.82, 2.24) is 0 Å². The predicted octanol–water partition coefficient (Wildman–Crippen LogP) is 2.70. The number of rotatable bonds is 2. The third kappa shape index (κ3) is 2.84. The Morgan fingerprint density at radius 1 is 1.54 bits per heavy atom. The molecule has 0 aliphatic heterocycles. The first-order valence-corrected chi connectivity index (χ1v) is 4.85. The molecule has 0 heterocycles. The van der Waals surface area contributed by atoms with Gasteiger partial charge in [-0.3, -0.25) is 0 Å². The maximum Gasteiger partial charge on any atom is 0.328 e. The van der Waals surface area contributed by atoms with Crippen molar-refractivity contribution in [2.75, 3.05) is 0 Å². The number of carboxylic acid groups (broad SMARTS) is 1. The Bertz CT molecular complexity index is 356. The molecule has 0 aliphatic rings. The van der Waals surface area contributed by atoms with Gasteiger partial charge in [0.2, 0.25) is 0 Å². The first-order chi connectivity index (χ1) is 6.11. The van der Waals surface area contributed by atoms with Gasteiger partial charge in [-0.15, -0.1) is 0 Å². The molecule has 0 aliphatic carbocycles. The minimum Gasteiger partial charge on any atom is -0.478 e. The second kappa shape index (κ2) is 4.41. The van der Waals surface area contributed by atoms with Crippen molar-refractivity contribution in [1.29, 1.82) is 0 Å². The predicted molar refractivity (Wildman–Crippen MR) is 60.6 cm³/mol. The van der Waals surface area contributed by atoms with Crippen LogP contribution in [0.3, 0.4) is 0 Å². The summed E-state index contributed by atoms with van der Waals surface area (Å²) in [5.41, 5.74) is 2.06. The number of aliphatic carboxylic acids is 1. The topological polar surface area (TPSA) is 37.3 Å². The Labute approximate surface area is 90.4 Å². The van der Waals surface area contributed by atoms with E-state index in [1.54, 1.807) is 6.08 Å². The van der Waals surface area contributed by atoms with Crippen molar-refractivity contribution >= 4 is 34.6 Å². The highest BCUT2D eigenvalue weighted by Gasteiger charge is 1.97. The van der Waals surface area contributed by atoms with Crippen molar-refractivity contribution < 1.29 is 9.90 Å². The number of halogens is 1. The van der Waals surface area contributed by atoms with Gasteiger partial charge >= 0.3 is 5.97 Å². The van der Waals surface area contributed by atoms with Crippen molar-refractivity contribution in [3.05, 3.63) is 39.0 Å². The van der Waals surface area contributed by atoms with E-state index in [9.17, 15) is 4.79 Å². The maximum atomic E-state index is 10.3. The zero-order valence-electron chi connectivity index (χ0n) is 7.12. The first-order valence-electron chi connectivity index (χ1n) is 3.77. The standard InChI is InChI=1S/C10H9IO2/c1-7-8(5-6-10(12)13)3-2-4-9(7)11/h2-6H,1H3,(H,12,13). The van der Waals surface area contributed by atoms with Crippen LogP contribution in [0, 0.1) is 10.5 Å². The largest absolute Gasteiger partial charge is 0.478 e. The second-order valence-corrected chi connectivity index (χ2v) is 3.79. The van der Waals surface area contributed by atoms with Gasteiger partial charge in [0, 0.05) is 9.65 Å². The van der Waals surface area contributed by atoms with Crippen LogP contribution in [0.2, 0.25) is 0 Å². The number of hydrogen-bond acceptors (Lipinski definition) is 1. The summed E-state index contributed by atoms with van der Waals surface area (Å²) in [6, 6.07) is 5.81. The molecule has 0 amide bonds. The lowest BCUT2D eigenvalue weighted by atomic mass is 10.1. The Morgan fingerprint density at radius 3 is 2.85 bits per heavy atom. The summed E-state index contributed by atoms with van der Waals surface area (Å²) in [4.78, 5) is 10.3. The van der Waals surface area contributed by atoms with Crippen LogP contribution in [0.1, 0.15) is 11.1 Å². The molecule has 0 fully saturated rings. The maximum absolute atomic E-state index is 10.3. The van der Waals surface area contributed by atoms with Gasteiger partial charge in [-0.1, -0.05) is 12.1 Å². The van der Waals surface area contributed by atoms with E-state index in [-0.39, 0.29) is 0 Å². The molecular weight excluding hydrogens is 279 g/mol. The Hall–Kier alpha value is -0.840. The average molecular weight is 288 g/mol. The molecule has 0 saturated heterocycles. The van der Waals surface area contributed by atoms with E-state index in [1.807, 2.05) is 25.1 Å². The molecule has 1 aromatic rings. The van der Waals surface area contributed by atoms with Crippen LogP contribution in [-0.4, -0.2) is 11.1 Å². The van der Waals surface area contributed by atoms with Gasteiger partial charge in [-0.2, -0.15) is 0 Å². The Balaban J connectivity index is 3.02. The number of benzene rings is 1. The lowest BCUT2D eigenvalue weighted by Gasteiger charge is -2.01. The molecule has 2 nitrogen and oxygen atoms in total. The summed E-state index contributed by atoms with van der Waals surface area (Å²) in [6.45, 7) is 1.98. The molecule has 68 valence electrons. The fourth-order valence-corrected chi connectivity index (χ4v) is 1.48. The second-order valence-electron chi connectivity index (χ2n) is 2.63. The van der Waals surface area contributed by atoms with Gasteiger partial charge < -0.3 is 5.11 Å². The summed E-state index contributed by atoms with van der Waals surface area (Å²) < 4.78 is 1.14. The number of carboxylic acids is 1. The van der Waals surface area contributed by atoms with E-state index < -0.39 is 5.97 Å². The third-order valence-electron chi connectivity index (χ3n) is 1.72. The van der Waals surface area contributed by atoms with Gasteiger partial charge in [0.25, 0.3) is 0 Å². The normalized spacial score (nSPS) is 10.6. The molecule has 1 rings (SSSR count). The van der Waals surface area contributed by atoms with E-state index in [1.165, 1.54) is 0 Å². The van der Waals surface area contributed by atoms with E-state index in [0.717, 1.165) is 20.8 Å². The fourth-order valence-electron chi connectivity index (χ4n) is 0.966. The third-order valence-corrected chi connectivity index (χ3v) is 2.88. The van der Waals surface area contributed by atoms with Crippen molar-refractivity contribution in [2.45, 2.75) is 6.92 Å². The molecule has 0 radical (unpaired) electrons. The van der Waals surface area contributed by atoms with Gasteiger partial charge in [0.15, 0.2) is 0 Å². The fraction of sp³-hybridized carbons (Fsp3) is 0.100. The molecule has 0 spiro atoms. The first kappa shape index (κ1) is 10.2. The quantitative estimate of drug-likeness (QED) is 0.671. The van der Waals surface area contributed by atoms with Crippen LogP contribution in [0.25, 0.3) is 6.08 Å².